The third-order valence-corrected chi connectivity index (χ3v) is 22.3. The van der Waals surface area contributed by atoms with Crippen molar-refractivity contribution in [2.45, 2.75) is 446 Å². The number of carbonyl (C=O) groups excluding carboxylic acids is 4. The Morgan fingerprint density at radius 3 is 0.696 bits per heavy atom. The monoisotopic (exact) mass is 1490 g/mol. The quantitative estimate of drug-likeness (QED) is 0.0222. The highest BCUT2D eigenvalue weighted by molar-refractivity contribution is 7.47. The van der Waals surface area contributed by atoms with Crippen LogP contribution in [0.4, 0.5) is 0 Å². The van der Waals surface area contributed by atoms with E-state index in [4.69, 9.17) is 37.0 Å². The summed E-state index contributed by atoms with van der Waals surface area (Å²) in [5, 5.41) is 10.6. The number of hydrogen-bond acceptors (Lipinski definition) is 15. The second-order valence-electron chi connectivity index (χ2n) is 31.1. The molecule has 0 aromatic carbocycles. The first-order valence-corrected chi connectivity index (χ1v) is 45.8. The van der Waals surface area contributed by atoms with Crippen molar-refractivity contribution < 1.29 is 80.2 Å². The molecule has 3 N–H and O–H groups in total. The van der Waals surface area contributed by atoms with E-state index in [-0.39, 0.29) is 25.7 Å². The van der Waals surface area contributed by atoms with Gasteiger partial charge in [0.2, 0.25) is 0 Å². The largest absolute Gasteiger partial charge is 0.472 e. The fraction of sp³-hybridized carbons (Fsp3) is 0.952. The van der Waals surface area contributed by atoms with Gasteiger partial charge in [-0.3, -0.25) is 37.3 Å². The van der Waals surface area contributed by atoms with E-state index in [1.165, 1.54) is 225 Å². The maximum absolute atomic E-state index is 13.1. The summed E-state index contributed by atoms with van der Waals surface area (Å²) in [4.78, 5) is 73.1. The molecular formula is C83H162O17P2. The topological polar surface area (TPSA) is 237 Å². The number of aliphatic hydroxyl groups excluding tert-OH is 1. The van der Waals surface area contributed by atoms with Crippen molar-refractivity contribution in [2.24, 2.45) is 23.7 Å². The molecule has 0 aliphatic carbocycles. The molecule has 0 aromatic heterocycles. The average Bonchev–Trinajstić information content (AvgIpc) is 0.922. The number of hydrogen-bond donors (Lipinski definition) is 3. The van der Waals surface area contributed by atoms with E-state index >= 15 is 0 Å². The normalized spacial score (nSPS) is 14.8. The van der Waals surface area contributed by atoms with Crippen LogP contribution in [0, 0.1) is 23.7 Å². The lowest BCUT2D eigenvalue weighted by molar-refractivity contribution is -0.161. The Kier molecular flexibility index (Phi) is 70.6. The van der Waals surface area contributed by atoms with Gasteiger partial charge in [0.15, 0.2) is 12.2 Å². The predicted molar refractivity (Wildman–Crippen MR) is 418 cm³/mol. The van der Waals surface area contributed by atoms with E-state index in [0.29, 0.717) is 25.7 Å². The van der Waals surface area contributed by atoms with Crippen LogP contribution in [0.1, 0.15) is 428 Å². The van der Waals surface area contributed by atoms with Crippen LogP contribution >= 0.6 is 15.6 Å². The van der Waals surface area contributed by atoms with E-state index in [9.17, 15) is 43.2 Å². The summed E-state index contributed by atoms with van der Waals surface area (Å²) >= 11 is 0. The first-order valence-electron chi connectivity index (χ1n) is 42.8. The molecule has 0 rings (SSSR count). The Morgan fingerprint density at radius 2 is 0.471 bits per heavy atom. The summed E-state index contributed by atoms with van der Waals surface area (Å²) in [6, 6.07) is 0. The molecule has 0 saturated carbocycles. The molecular weight excluding hydrogens is 1330 g/mol. The lowest BCUT2D eigenvalue weighted by Gasteiger charge is -2.21. The molecule has 0 heterocycles. The number of phosphoric ester groups is 2. The highest BCUT2D eigenvalue weighted by atomic mass is 31.2. The SMILES string of the molecule is CCC(C)CCCCCCCCCCCCCCCCCCCCC(=O)O[C@H](COC(=O)CCCCCCCCC(C)CC)COP(=O)(O)OC[C@H](O)COP(=O)(O)OC[C@@H](COC(=O)CCCCCCCCCCCC(C)C)OC(=O)CCCCCCCCCCCCCCCCC(C)CC. The second kappa shape index (κ2) is 72.0. The fourth-order valence-electron chi connectivity index (χ4n) is 12.7. The van der Waals surface area contributed by atoms with Crippen LogP contribution < -0.4 is 0 Å². The summed E-state index contributed by atoms with van der Waals surface area (Å²) in [6.45, 7) is 14.3. The van der Waals surface area contributed by atoms with Gasteiger partial charge in [-0.1, -0.05) is 376 Å². The number of phosphoric acid groups is 2. The van der Waals surface area contributed by atoms with Crippen LogP contribution in [0.2, 0.25) is 0 Å². The molecule has 0 fully saturated rings. The third-order valence-electron chi connectivity index (χ3n) is 20.4. The molecule has 0 aromatic rings. The Bertz CT molecular complexity index is 1990. The van der Waals surface area contributed by atoms with E-state index in [0.717, 1.165) is 120 Å². The predicted octanol–water partition coefficient (Wildman–Crippen LogP) is 24.8. The van der Waals surface area contributed by atoms with Crippen LogP contribution in [-0.2, 0) is 65.4 Å². The number of unbranched alkanes of at least 4 members (excludes halogenated alkanes) is 43. The van der Waals surface area contributed by atoms with E-state index in [2.05, 4.69) is 55.4 Å². The average molecular weight is 1490 g/mol. The van der Waals surface area contributed by atoms with Gasteiger partial charge in [-0.25, -0.2) is 9.13 Å². The number of rotatable bonds is 80. The molecule has 102 heavy (non-hydrogen) atoms. The maximum Gasteiger partial charge on any atom is 0.472 e. The zero-order chi connectivity index (χ0) is 75.3. The van der Waals surface area contributed by atoms with Crippen molar-refractivity contribution in [1.82, 2.24) is 0 Å². The van der Waals surface area contributed by atoms with Crippen molar-refractivity contribution in [2.75, 3.05) is 39.6 Å². The van der Waals surface area contributed by atoms with Gasteiger partial charge < -0.3 is 33.8 Å². The molecule has 0 amide bonds. The second-order valence-corrected chi connectivity index (χ2v) is 34.0. The fourth-order valence-corrected chi connectivity index (χ4v) is 14.3. The smallest absolute Gasteiger partial charge is 0.462 e. The van der Waals surface area contributed by atoms with Gasteiger partial charge in [0.1, 0.15) is 19.3 Å². The minimum absolute atomic E-state index is 0.107. The molecule has 19 heteroatoms. The molecule has 0 aliphatic heterocycles. The van der Waals surface area contributed by atoms with Crippen molar-refractivity contribution >= 4 is 39.5 Å². The molecule has 0 saturated heterocycles. The number of esters is 4. The molecule has 5 unspecified atom stereocenters. The van der Waals surface area contributed by atoms with Crippen LogP contribution in [-0.4, -0.2) is 96.7 Å². The molecule has 0 spiro atoms. The molecule has 17 nitrogen and oxygen atoms in total. The molecule has 0 bridgehead atoms. The van der Waals surface area contributed by atoms with E-state index < -0.39 is 97.5 Å². The highest BCUT2D eigenvalue weighted by Gasteiger charge is 2.30. The van der Waals surface area contributed by atoms with Gasteiger partial charge in [0, 0.05) is 25.7 Å². The summed E-state index contributed by atoms with van der Waals surface area (Å²) in [7, 11) is -9.92. The molecule has 8 atom stereocenters. The summed E-state index contributed by atoms with van der Waals surface area (Å²) in [5.41, 5.74) is 0. The van der Waals surface area contributed by atoms with Crippen LogP contribution in [0.3, 0.4) is 0 Å². The van der Waals surface area contributed by atoms with Gasteiger partial charge >= 0.3 is 39.5 Å². The standard InChI is InChI=1S/C83H162O17P2/c1-9-74(6)60-52-44-36-30-24-20-16-14-12-13-15-17-22-26-32-39-49-57-66-83(88)100-79(70-94-81(86)64-56-48-42-41-46-54-62-76(8)11-3)72-98-102(91,92)96-68-77(84)67-95-101(89,90)97-71-78(69-93-80(85)63-55-47-38-34-28-29-35-43-51-59-73(4)5)99-82(87)65-58-50-40-33-27-23-19-18-21-25-31-37-45-53-61-75(7)10-2/h73-79,84H,9-72H2,1-8H3,(H,89,90)(H,91,92)/t74?,75?,76?,77-,78-,79-/m1/s1. The number of ether oxygens (including phenoxy) is 4. The van der Waals surface area contributed by atoms with Crippen molar-refractivity contribution in [1.29, 1.82) is 0 Å². The lowest BCUT2D eigenvalue weighted by atomic mass is 9.99. The minimum Gasteiger partial charge on any atom is -0.462 e. The zero-order valence-electron chi connectivity index (χ0n) is 67.2. The van der Waals surface area contributed by atoms with Gasteiger partial charge in [0.25, 0.3) is 0 Å². The Balaban J connectivity index is 5.19. The van der Waals surface area contributed by atoms with Crippen molar-refractivity contribution in [3.8, 4) is 0 Å². The third kappa shape index (κ3) is 72.3. The van der Waals surface area contributed by atoms with Gasteiger partial charge in [0.05, 0.1) is 26.4 Å². The van der Waals surface area contributed by atoms with Gasteiger partial charge in [-0.05, 0) is 49.4 Å². The number of aliphatic hydroxyl groups is 1. The summed E-state index contributed by atoms with van der Waals surface area (Å²) in [5.74, 6) is 1.08. The Morgan fingerprint density at radius 1 is 0.275 bits per heavy atom. The summed E-state index contributed by atoms with van der Waals surface area (Å²) in [6.07, 6.45) is 59.7. The van der Waals surface area contributed by atoms with Crippen LogP contribution in [0.5, 0.6) is 0 Å². The minimum atomic E-state index is -4.96. The first kappa shape index (κ1) is 100. The number of carbonyl (C=O) groups is 4. The Labute approximate surface area is 626 Å². The van der Waals surface area contributed by atoms with Crippen molar-refractivity contribution in [3.05, 3.63) is 0 Å². The Hall–Kier alpha value is -1.94. The summed E-state index contributed by atoms with van der Waals surface area (Å²) < 4.78 is 68.7. The van der Waals surface area contributed by atoms with Crippen LogP contribution in [0.15, 0.2) is 0 Å². The molecule has 0 aliphatic rings. The van der Waals surface area contributed by atoms with Gasteiger partial charge in [-0.2, -0.15) is 0 Å². The highest BCUT2D eigenvalue weighted by Crippen LogP contribution is 2.45. The van der Waals surface area contributed by atoms with E-state index in [1.807, 2.05) is 0 Å². The van der Waals surface area contributed by atoms with Crippen molar-refractivity contribution in [3.63, 3.8) is 0 Å². The van der Waals surface area contributed by atoms with Crippen LogP contribution in [0.25, 0.3) is 0 Å². The molecule has 0 radical (unpaired) electrons. The first-order chi connectivity index (χ1) is 49.2. The maximum atomic E-state index is 13.1. The van der Waals surface area contributed by atoms with E-state index in [1.54, 1.807) is 0 Å². The van der Waals surface area contributed by atoms with Gasteiger partial charge in [-0.15, -0.1) is 0 Å². The molecule has 606 valence electrons. The lowest BCUT2D eigenvalue weighted by Crippen LogP contribution is -2.30. The zero-order valence-corrected chi connectivity index (χ0v) is 69.0.